The Balaban J connectivity index is 1.01. The minimum absolute atomic E-state index is 0.902. The second kappa shape index (κ2) is 13.1. The van der Waals surface area contributed by atoms with E-state index in [-0.39, 0.29) is 0 Å². The monoisotopic (exact) mass is 714 g/mol. The summed E-state index contributed by atoms with van der Waals surface area (Å²) in [6.45, 7) is 0. The van der Waals surface area contributed by atoms with Gasteiger partial charge in [-0.3, -0.25) is 0 Å². The summed E-state index contributed by atoms with van der Waals surface area (Å²) in [5.74, 6) is 0. The van der Waals surface area contributed by atoms with Gasteiger partial charge in [0.2, 0.25) is 0 Å². The molecule has 0 atom stereocenters. The molecule has 0 aliphatic rings. The minimum Gasteiger partial charge on any atom is -0.455 e. The Morgan fingerprint density at radius 1 is 0.339 bits per heavy atom. The zero-order valence-electron chi connectivity index (χ0n) is 30.4. The SMILES string of the molecule is c1ccc(-c2cc(-c3ccccc3)nc(-c3ccc(-c4ccc5c(c4)c4ccccc4n5-c4ccccc4-c4cccc5c4oc4ccccc45)cc3)c2)cc1. The van der Waals surface area contributed by atoms with Crippen LogP contribution < -0.4 is 0 Å². The fraction of sp³-hybridized carbons (Fsp3) is 0. The molecule has 0 aliphatic carbocycles. The maximum atomic E-state index is 6.53. The smallest absolute Gasteiger partial charge is 0.143 e. The minimum atomic E-state index is 0.902. The quantitative estimate of drug-likeness (QED) is 0.172. The van der Waals surface area contributed by atoms with Crippen LogP contribution in [-0.4, -0.2) is 9.55 Å². The third-order valence-corrected chi connectivity index (χ3v) is 11.0. The number of furan rings is 1. The van der Waals surface area contributed by atoms with E-state index in [1.54, 1.807) is 0 Å². The third kappa shape index (κ3) is 5.32. The van der Waals surface area contributed by atoms with E-state index in [9.17, 15) is 0 Å². The van der Waals surface area contributed by atoms with Crippen LogP contribution in [0.15, 0.2) is 211 Å². The van der Waals surface area contributed by atoms with Crippen LogP contribution in [0.5, 0.6) is 0 Å². The molecule has 3 aromatic heterocycles. The molecule has 11 rings (SSSR count). The van der Waals surface area contributed by atoms with Crippen LogP contribution in [0.3, 0.4) is 0 Å². The summed E-state index contributed by atoms with van der Waals surface area (Å²) in [6.07, 6.45) is 0. The van der Waals surface area contributed by atoms with E-state index in [4.69, 9.17) is 9.40 Å². The molecule has 0 spiro atoms. The van der Waals surface area contributed by atoms with Gasteiger partial charge in [0.1, 0.15) is 11.2 Å². The van der Waals surface area contributed by atoms with E-state index >= 15 is 0 Å². The van der Waals surface area contributed by atoms with Crippen LogP contribution in [0, 0.1) is 0 Å². The van der Waals surface area contributed by atoms with Crippen LogP contribution in [0.4, 0.5) is 0 Å². The lowest BCUT2D eigenvalue weighted by molar-refractivity contribution is 0.670. The third-order valence-electron chi connectivity index (χ3n) is 11.0. The zero-order chi connectivity index (χ0) is 37.0. The first-order valence-corrected chi connectivity index (χ1v) is 19.0. The Kier molecular flexibility index (Phi) is 7.49. The number of nitrogens with zero attached hydrogens (tertiary/aromatic N) is 2. The number of fused-ring (bicyclic) bond motifs is 6. The van der Waals surface area contributed by atoms with Gasteiger partial charge in [0.05, 0.1) is 28.1 Å². The number of rotatable bonds is 6. The van der Waals surface area contributed by atoms with Gasteiger partial charge in [-0.05, 0) is 64.7 Å². The standard InChI is InChI=1S/C53H34N2O/c1-3-14-35(15-4-1)40-33-47(37-16-5-2-6-17-37)54-48(34-40)38-28-26-36(27-29-38)39-30-31-51-46(32-39)42-19-8-11-24-50(42)55(51)49-23-10-7-18-41(49)44-21-13-22-45-43-20-9-12-25-52(43)56-53(44)45/h1-34H. The fourth-order valence-corrected chi connectivity index (χ4v) is 8.33. The molecule has 11 aromatic rings. The van der Waals surface area contributed by atoms with Gasteiger partial charge in [0.15, 0.2) is 0 Å². The summed E-state index contributed by atoms with van der Waals surface area (Å²) in [4.78, 5) is 5.16. The number of hydrogen-bond donors (Lipinski definition) is 0. The molecule has 262 valence electrons. The molecule has 3 nitrogen and oxygen atoms in total. The molecule has 0 fully saturated rings. The molecule has 0 saturated carbocycles. The molecular formula is C53H34N2O. The van der Waals surface area contributed by atoms with Gasteiger partial charge in [-0.1, -0.05) is 164 Å². The van der Waals surface area contributed by atoms with E-state index in [2.05, 4.69) is 193 Å². The average Bonchev–Trinajstić information content (AvgIpc) is 3.83. The molecule has 3 heterocycles. The molecule has 0 bridgehead atoms. The Hall–Kier alpha value is -7.49. The van der Waals surface area contributed by atoms with E-state index in [0.29, 0.717) is 0 Å². The van der Waals surface area contributed by atoms with E-state index in [1.165, 1.54) is 21.9 Å². The predicted molar refractivity (Wildman–Crippen MR) is 233 cm³/mol. The van der Waals surface area contributed by atoms with E-state index < -0.39 is 0 Å². The first-order chi connectivity index (χ1) is 27.8. The predicted octanol–water partition coefficient (Wildman–Crippen LogP) is 14.4. The molecule has 0 N–H and O–H groups in total. The van der Waals surface area contributed by atoms with Gasteiger partial charge in [0, 0.05) is 43.8 Å². The molecule has 0 aliphatic heterocycles. The molecule has 3 heteroatoms. The number of pyridine rings is 1. The van der Waals surface area contributed by atoms with Crippen molar-refractivity contribution in [3.05, 3.63) is 206 Å². The Morgan fingerprint density at radius 3 is 1.70 bits per heavy atom. The van der Waals surface area contributed by atoms with Crippen LogP contribution >= 0.6 is 0 Å². The first-order valence-electron chi connectivity index (χ1n) is 19.0. The van der Waals surface area contributed by atoms with Gasteiger partial charge in [-0.15, -0.1) is 0 Å². The van der Waals surface area contributed by atoms with Crippen molar-refractivity contribution in [1.82, 2.24) is 9.55 Å². The van der Waals surface area contributed by atoms with Crippen molar-refractivity contribution in [2.75, 3.05) is 0 Å². The van der Waals surface area contributed by atoms with Gasteiger partial charge >= 0.3 is 0 Å². The van der Waals surface area contributed by atoms with Gasteiger partial charge in [0.25, 0.3) is 0 Å². The highest BCUT2D eigenvalue weighted by Crippen LogP contribution is 2.41. The molecular weight excluding hydrogens is 681 g/mol. The zero-order valence-corrected chi connectivity index (χ0v) is 30.4. The number of aromatic nitrogens is 2. The summed E-state index contributed by atoms with van der Waals surface area (Å²) in [5.41, 5.74) is 16.2. The summed E-state index contributed by atoms with van der Waals surface area (Å²) in [5, 5.41) is 4.69. The Bertz CT molecular complexity index is 3170. The molecule has 0 radical (unpaired) electrons. The lowest BCUT2D eigenvalue weighted by Gasteiger charge is -2.14. The lowest BCUT2D eigenvalue weighted by Crippen LogP contribution is -1.97. The van der Waals surface area contributed by atoms with E-state index in [1.807, 2.05) is 18.2 Å². The lowest BCUT2D eigenvalue weighted by atomic mass is 9.98. The number of para-hydroxylation sites is 4. The maximum absolute atomic E-state index is 6.53. The van der Waals surface area contributed by atoms with Crippen LogP contribution in [0.25, 0.3) is 105 Å². The highest BCUT2D eigenvalue weighted by Gasteiger charge is 2.19. The molecule has 0 amide bonds. The van der Waals surface area contributed by atoms with Gasteiger partial charge in [-0.2, -0.15) is 0 Å². The van der Waals surface area contributed by atoms with Crippen LogP contribution in [0.2, 0.25) is 0 Å². The second-order valence-electron chi connectivity index (χ2n) is 14.3. The first kappa shape index (κ1) is 32.0. The molecule has 0 unspecified atom stereocenters. The highest BCUT2D eigenvalue weighted by molar-refractivity contribution is 6.13. The van der Waals surface area contributed by atoms with Gasteiger partial charge < -0.3 is 8.98 Å². The van der Waals surface area contributed by atoms with Crippen molar-refractivity contribution in [3.8, 4) is 61.6 Å². The number of hydrogen-bond acceptors (Lipinski definition) is 2. The summed E-state index contributed by atoms with van der Waals surface area (Å²) < 4.78 is 8.93. The van der Waals surface area contributed by atoms with Crippen LogP contribution in [-0.2, 0) is 0 Å². The largest absolute Gasteiger partial charge is 0.455 e. The summed E-state index contributed by atoms with van der Waals surface area (Å²) >= 11 is 0. The number of benzene rings is 8. The second-order valence-corrected chi connectivity index (χ2v) is 14.3. The average molecular weight is 715 g/mol. The summed E-state index contributed by atoms with van der Waals surface area (Å²) in [7, 11) is 0. The Labute approximate surface area is 324 Å². The van der Waals surface area contributed by atoms with Crippen molar-refractivity contribution in [1.29, 1.82) is 0 Å². The van der Waals surface area contributed by atoms with Crippen LogP contribution in [0.1, 0.15) is 0 Å². The fourth-order valence-electron chi connectivity index (χ4n) is 8.33. The molecule has 0 saturated heterocycles. The van der Waals surface area contributed by atoms with Gasteiger partial charge in [-0.25, -0.2) is 4.98 Å². The summed E-state index contributed by atoms with van der Waals surface area (Å²) in [6, 6.07) is 73.2. The van der Waals surface area contributed by atoms with E-state index in [0.717, 1.165) is 83.4 Å². The Morgan fingerprint density at radius 2 is 0.893 bits per heavy atom. The van der Waals surface area contributed by atoms with Crippen molar-refractivity contribution < 1.29 is 4.42 Å². The topological polar surface area (TPSA) is 31.0 Å². The van der Waals surface area contributed by atoms with Crippen molar-refractivity contribution in [3.63, 3.8) is 0 Å². The molecule has 56 heavy (non-hydrogen) atoms. The van der Waals surface area contributed by atoms with Crippen molar-refractivity contribution in [2.45, 2.75) is 0 Å². The van der Waals surface area contributed by atoms with Crippen molar-refractivity contribution >= 4 is 43.7 Å². The van der Waals surface area contributed by atoms with Crippen molar-refractivity contribution in [2.24, 2.45) is 0 Å². The maximum Gasteiger partial charge on any atom is 0.143 e. The normalized spacial score (nSPS) is 11.6. The highest BCUT2D eigenvalue weighted by atomic mass is 16.3. The molecule has 8 aromatic carbocycles.